The van der Waals surface area contributed by atoms with Gasteiger partial charge in [-0.15, -0.1) is 11.3 Å². The maximum Gasteiger partial charge on any atom is 0.279 e. The van der Waals surface area contributed by atoms with Gasteiger partial charge in [0.05, 0.1) is 5.01 Å². The van der Waals surface area contributed by atoms with Crippen molar-refractivity contribution in [1.29, 1.82) is 0 Å². The maximum atomic E-state index is 12.0. The molecule has 1 aromatic rings. The third-order valence-electron chi connectivity index (χ3n) is 2.93. The van der Waals surface area contributed by atoms with Gasteiger partial charge >= 0.3 is 0 Å². The van der Waals surface area contributed by atoms with Crippen molar-refractivity contribution in [3.8, 4) is 0 Å². The van der Waals surface area contributed by atoms with E-state index in [9.17, 15) is 8.42 Å². The molecule has 0 aliphatic heterocycles. The summed E-state index contributed by atoms with van der Waals surface area (Å²) in [6.07, 6.45) is 2.53. The standard InChI is InChI=1S/C12H24N4O2S2/c1-4-13-6-5-8-16(3)20(17,18)15-10-11(2)12-14-7-9-19-12/h7,9,11,13,15H,4-6,8,10H2,1-3H3. The zero-order valence-electron chi connectivity index (χ0n) is 12.3. The van der Waals surface area contributed by atoms with Crippen LogP contribution in [-0.2, 0) is 10.2 Å². The maximum absolute atomic E-state index is 12.0. The van der Waals surface area contributed by atoms with Gasteiger partial charge in [-0.1, -0.05) is 13.8 Å². The molecule has 20 heavy (non-hydrogen) atoms. The Labute approximate surface area is 125 Å². The number of nitrogens with one attached hydrogen (secondary N) is 2. The van der Waals surface area contributed by atoms with Gasteiger partial charge in [-0.25, -0.2) is 9.71 Å². The molecule has 1 unspecified atom stereocenters. The van der Waals surface area contributed by atoms with E-state index in [1.165, 1.54) is 4.31 Å². The molecule has 0 spiro atoms. The Hall–Kier alpha value is -0.540. The van der Waals surface area contributed by atoms with E-state index in [4.69, 9.17) is 0 Å². The first-order valence-electron chi connectivity index (χ1n) is 6.78. The van der Waals surface area contributed by atoms with E-state index in [1.807, 2.05) is 19.2 Å². The number of aromatic nitrogens is 1. The van der Waals surface area contributed by atoms with Crippen LogP contribution in [0.4, 0.5) is 0 Å². The van der Waals surface area contributed by atoms with Crippen molar-refractivity contribution in [3.63, 3.8) is 0 Å². The fourth-order valence-electron chi connectivity index (χ4n) is 1.63. The van der Waals surface area contributed by atoms with Crippen molar-refractivity contribution >= 4 is 21.5 Å². The summed E-state index contributed by atoms with van der Waals surface area (Å²) < 4.78 is 28.1. The van der Waals surface area contributed by atoms with Crippen LogP contribution in [0.1, 0.15) is 31.2 Å². The van der Waals surface area contributed by atoms with Crippen molar-refractivity contribution in [3.05, 3.63) is 16.6 Å². The number of nitrogens with zero attached hydrogens (tertiary/aromatic N) is 2. The highest BCUT2D eigenvalue weighted by atomic mass is 32.2. The van der Waals surface area contributed by atoms with Crippen molar-refractivity contribution < 1.29 is 8.42 Å². The molecular weight excluding hydrogens is 296 g/mol. The van der Waals surface area contributed by atoms with E-state index in [0.29, 0.717) is 13.1 Å². The average molecular weight is 320 g/mol. The zero-order valence-corrected chi connectivity index (χ0v) is 13.9. The van der Waals surface area contributed by atoms with Gasteiger partial charge in [-0.05, 0) is 19.5 Å². The van der Waals surface area contributed by atoms with Gasteiger partial charge in [-0.2, -0.15) is 12.7 Å². The molecule has 0 fully saturated rings. The van der Waals surface area contributed by atoms with Crippen LogP contribution >= 0.6 is 11.3 Å². The summed E-state index contributed by atoms with van der Waals surface area (Å²) in [5, 5.41) is 6.02. The number of hydrogen-bond donors (Lipinski definition) is 2. The Morgan fingerprint density at radius 1 is 1.50 bits per heavy atom. The van der Waals surface area contributed by atoms with E-state index >= 15 is 0 Å². The van der Waals surface area contributed by atoms with Crippen LogP contribution in [0.25, 0.3) is 0 Å². The summed E-state index contributed by atoms with van der Waals surface area (Å²) in [6.45, 7) is 6.60. The average Bonchev–Trinajstić information content (AvgIpc) is 2.95. The summed E-state index contributed by atoms with van der Waals surface area (Å²) >= 11 is 1.54. The second kappa shape index (κ2) is 8.68. The summed E-state index contributed by atoms with van der Waals surface area (Å²) in [6, 6.07) is 0. The molecule has 0 radical (unpaired) electrons. The van der Waals surface area contributed by atoms with Gasteiger partial charge in [0.1, 0.15) is 0 Å². The zero-order chi connectivity index (χ0) is 15.0. The van der Waals surface area contributed by atoms with Crippen molar-refractivity contribution in [2.45, 2.75) is 26.2 Å². The summed E-state index contributed by atoms with van der Waals surface area (Å²) in [7, 11) is -1.80. The minimum atomic E-state index is -3.40. The summed E-state index contributed by atoms with van der Waals surface area (Å²) in [5.41, 5.74) is 0. The van der Waals surface area contributed by atoms with Gasteiger partial charge in [0.2, 0.25) is 0 Å². The van der Waals surface area contributed by atoms with E-state index in [-0.39, 0.29) is 5.92 Å². The fraction of sp³-hybridized carbons (Fsp3) is 0.750. The van der Waals surface area contributed by atoms with E-state index in [0.717, 1.165) is 24.5 Å². The molecule has 116 valence electrons. The van der Waals surface area contributed by atoms with Gasteiger partial charge in [-0.3, -0.25) is 0 Å². The lowest BCUT2D eigenvalue weighted by Gasteiger charge is -2.19. The minimum absolute atomic E-state index is 0.0833. The Morgan fingerprint density at radius 3 is 2.85 bits per heavy atom. The molecule has 0 saturated heterocycles. The molecule has 8 heteroatoms. The monoisotopic (exact) mass is 320 g/mol. The van der Waals surface area contributed by atoms with Crippen molar-refractivity contribution in [2.24, 2.45) is 0 Å². The van der Waals surface area contributed by atoms with Crippen molar-refractivity contribution in [1.82, 2.24) is 19.3 Å². The summed E-state index contributed by atoms with van der Waals surface area (Å²) in [5.74, 6) is 0.0833. The quantitative estimate of drug-likeness (QED) is 0.631. The first-order chi connectivity index (χ1) is 9.47. The second-order valence-corrected chi connectivity index (χ2v) is 7.44. The topological polar surface area (TPSA) is 74.3 Å². The van der Waals surface area contributed by atoms with E-state index in [2.05, 4.69) is 15.0 Å². The van der Waals surface area contributed by atoms with E-state index < -0.39 is 10.2 Å². The van der Waals surface area contributed by atoms with Crippen LogP contribution < -0.4 is 10.0 Å². The number of thiazole rings is 1. The van der Waals surface area contributed by atoms with Gasteiger partial charge in [0.25, 0.3) is 10.2 Å². The first kappa shape index (κ1) is 17.5. The van der Waals surface area contributed by atoms with Crippen LogP contribution in [0.5, 0.6) is 0 Å². The predicted octanol–water partition coefficient (Wildman–Crippen LogP) is 1.01. The number of rotatable bonds is 10. The molecule has 1 atom stereocenters. The highest BCUT2D eigenvalue weighted by Crippen LogP contribution is 2.16. The molecule has 0 aromatic carbocycles. The Bertz CT molecular complexity index is 462. The van der Waals surface area contributed by atoms with Gasteiger partial charge < -0.3 is 5.32 Å². The molecule has 2 N–H and O–H groups in total. The van der Waals surface area contributed by atoms with Crippen LogP contribution in [0.3, 0.4) is 0 Å². The third kappa shape index (κ3) is 5.84. The molecule has 0 amide bonds. The van der Waals surface area contributed by atoms with Crippen LogP contribution in [0.15, 0.2) is 11.6 Å². The lowest BCUT2D eigenvalue weighted by molar-refractivity contribution is 0.444. The minimum Gasteiger partial charge on any atom is -0.317 e. The van der Waals surface area contributed by atoms with Crippen molar-refractivity contribution in [2.75, 3.05) is 33.2 Å². The highest BCUT2D eigenvalue weighted by Gasteiger charge is 2.18. The molecule has 0 aliphatic rings. The SMILES string of the molecule is CCNCCCN(C)S(=O)(=O)NCC(C)c1nccs1. The Kier molecular flexibility index (Phi) is 7.60. The molecule has 0 saturated carbocycles. The fourth-order valence-corrected chi connectivity index (χ4v) is 3.38. The molecular formula is C12H24N4O2S2. The number of hydrogen-bond acceptors (Lipinski definition) is 5. The summed E-state index contributed by atoms with van der Waals surface area (Å²) in [4.78, 5) is 4.19. The highest BCUT2D eigenvalue weighted by molar-refractivity contribution is 7.87. The predicted molar refractivity (Wildman–Crippen MR) is 83.2 cm³/mol. The third-order valence-corrected chi connectivity index (χ3v) is 5.47. The second-order valence-electron chi connectivity index (χ2n) is 4.65. The molecule has 1 rings (SSSR count). The Morgan fingerprint density at radius 2 is 2.25 bits per heavy atom. The lowest BCUT2D eigenvalue weighted by atomic mass is 10.2. The van der Waals surface area contributed by atoms with Gasteiger partial charge in [0.15, 0.2) is 0 Å². The Balaban J connectivity index is 2.36. The molecule has 0 bridgehead atoms. The smallest absolute Gasteiger partial charge is 0.279 e. The molecule has 1 heterocycles. The largest absolute Gasteiger partial charge is 0.317 e. The van der Waals surface area contributed by atoms with Crippen LogP contribution in [0, 0.1) is 0 Å². The first-order valence-corrected chi connectivity index (χ1v) is 9.10. The van der Waals surface area contributed by atoms with Gasteiger partial charge in [0, 0.05) is 37.6 Å². The normalized spacial score (nSPS) is 13.8. The van der Waals surface area contributed by atoms with Crippen LogP contribution in [0.2, 0.25) is 0 Å². The van der Waals surface area contributed by atoms with E-state index in [1.54, 1.807) is 24.6 Å². The van der Waals surface area contributed by atoms with Crippen LogP contribution in [-0.4, -0.2) is 50.9 Å². The lowest BCUT2D eigenvalue weighted by Crippen LogP contribution is -2.40. The molecule has 0 aliphatic carbocycles. The molecule has 1 aromatic heterocycles. The molecule has 6 nitrogen and oxygen atoms in total.